The van der Waals surface area contributed by atoms with Gasteiger partial charge in [0.2, 0.25) is 0 Å². The van der Waals surface area contributed by atoms with Crippen molar-refractivity contribution in [3.63, 3.8) is 0 Å². The van der Waals surface area contributed by atoms with Crippen LogP contribution in [0.25, 0.3) is 0 Å². The predicted molar refractivity (Wildman–Crippen MR) is 93.6 cm³/mol. The van der Waals surface area contributed by atoms with Gasteiger partial charge in [0.15, 0.2) is 5.82 Å². The third-order valence-electron chi connectivity index (χ3n) is 3.30. The van der Waals surface area contributed by atoms with Crippen molar-refractivity contribution in [3.05, 3.63) is 45.8 Å². The first kappa shape index (κ1) is 19.4. The lowest BCUT2D eigenvalue weighted by molar-refractivity contribution is -0.404. The Bertz CT molecular complexity index is 501. The standard InChI is InChI=1S/C15H26N4O3S/c1-4-18(5-2)10-13-6-7-14(22-13)12-23-9-8-17-15(16-3)11-19(20)21/h6-7,11,16-17H,4-5,8-10,12H2,1-3H3/b15-11+. The molecule has 2 N–H and O–H groups in total. The third-order valence-corrected chi connectivity index (χ3v) is 4.28. The van der Waals surface area contributed by atoms with E-state index in [0.29, 0.717) is 12.4 Å². The van der Waals surface area contributed by atoms with Crippen LogP contribution < -0.4 is 10.6 Å². The quantitative estimate of drug-likeness (QED) is 0.342. The number of nitrogens with one attached hydrogen (secondary N) is 2. The van der Waals surface area contributed by atoms with Gasteiger partial charge in [-0.25, -0.2) is 0 Å². The molecular weight excluding hydrogens is 316 g/mol. The summed E-state index contributed by atoms with van der Waals surface area (Å²) in [6.07, 6.45) is 0.927. The molecule has 0 bridgehead atoms. The monoisotopic (exact) mass is 342 g/mol. The summed E-state index contributed by atoms with van der Waals surface area (Å²) in [5.41, 5.74) is 0. The highest BCUT2D eigenvalue weighted by Crippen LogP contribution is 2.16. The molecule has 1 aromatic rings. The summed E-state index contributed by atoms with van der Waals surface area (Å²) in [5.74, 6) is 4.01. The molecule has 0 spiro atoms. The number of nitro groups is 1. The van der Waals surface area contributed by atoms with Gasteiger partial charge in [0.25, 0.3) is 6.20 Å². The van der Waals surface area contributed by atoms with Crippen LogP contribution in [0.4, 0.5) is 0 Å². The largest absolute Gasteiger partial charge is 0.464 e. The van der Waals surface area contributed by atoms with E-state index in [4.69, 9.17) is 4.42 Å². The zero-order valence-electron chi connectivity index (χ0n) is 14.0. The van der Waals surface area contributed by atoms with E-state index in [0.717, 1.165) is 48.9 Å². The number of nitrogens with zero attached hydrogens (tertiary/aromatic N) is 2. The van der Waals surface area contributed by atoms with E-state index in [-0.39, 0.29) is 0 Å². The summed E-state index contributed by atoms with van der Waals surface area (Å²) in [7, 11) is 1.65. The summed E-state index contributed by atoms with van der Waals surface area (Å²) in [4.78, 5) is 12.2. The lowest BCUT2D eigenvalue weighted by Crippen LogP contribution is -2.26. The first-order valence-electron chi connectivity index (χ1n) is 7.73. The zero-order chi connectivity index (χ0) is 17.1. The number of hydrogen-bond acceptors (Lipinski definition) is 7. The molecule has 0 fully saturated rings. The van der Waals surface area contributed by atoms with E-state index >= 15 is 0 Å². The zero-order valence-corrected chi connectivity index (χ0v) is 14.8. The molecule has 0 aliphatic rings. The number of furan rings is 1. The highest BCUT2D eigenvalue weighted by Gasteiger charge is 2.06. The van der Waals surface area contributed by atoms with Gasteiger partial charge < -0.3 is 15.1 Å². The number of rotatable bonds is 12. The van der Waals surface area contributed by atoms with Crippen molar-refractivity contribution in [1.82, 2.24) is 15.5 Å². The molecule has 0 saturated heterocycles. The Labute approximate surface area is 141 Å². The van der Waals surface area contributed by atoms with E-state index in [1.165, 1.54) is 0 Å². The van der Waals surface area contributed by atoms with Crippen molar-refractivity contribution in [1.29, 1.82) is 0 Å². The SMILES string of the molecule is CCN(CC)Cc1ccc(CSCCN/C(=C/[N+](=O)[O-])NC)o1. The van der Waals surface area contributed by atoms with Gasteiger partial charge in [-0.3, -0.25) is 15.0 Å². The average Bonchev–Trinajstić information content (AvgIpc) is 2.98. The molecule has 0 aromatic carbocycles. The van der Waals surface area contributed by atoms with Crippen LogP contribution >= 0.6 is 11.8 Å². The topological polar surface area (TPSA) is 83.6 Å². The fourth-order valence-corrected chi connectivity index (χ4v) is 2.73. The van der Waals surface area contributed by atoms with Gasteiger partial charge in [0, 0.05) is 19.3 Å². The van der Waals surface area contributed by atoms with E-state index in [1.54, 1.807) is 18.8 Å². The van der Waals surface area contributed by atoms with Gasteiger partial charge in [0.1, 0.15) is 11.5 Å². The Hall–Kier alpha value is -1.67. The molecule has 0 aliphatic carbocycles. The smallest absolute Gasteiger partial charge is 0.274 e. The van der Waals surface area contributed by atoms with Gasteiger partial charge in [-0.05, 0) is 25.2 Å². The molecule has 0 unspecified atom stereocenters. The summed E-state index contributed by atoms with van der Waals surface area (Å²) < 4.78 is 5.82. The second-order valence-electron chi connectivity index (χ2n) is 4.89. The molecule has 130 valence electrons. The first-order valence-corrected chi connectivity index (χ1v) is 8.89. The third kappa shape index (κ3) is 7.94. The van der Waals surface area contributed by atoms with Gasteiger partial charge in [-0.2, -0.15) is 11.8 Å². The van der Waals surface area contributed by atoms with Gasteiger partial charge in [-0.15, -0.1) is 0 Å². The van der Waals surface area contributed by atoms with Crippen molar-refractivity contribution in [2.75, 3.05) is 32.4 Å². The fourth-order valence-electron chi connectivity index (χ4n) is 1.99. The van der Waals surface area contributed by atoms with E-state index in [2.05, 4.69) is 29.4 Å². The van der Waals surface area contributed by atoms with Crippen LogP contribution in [0.15, 0.2) is 28.6 Å². The van der Waals surface area contributed by atoms with Gasteiger partial charge in [0.05, 0.1) is 17.2 Å². The van der Waals surface area contributed by atoms with Crippen LogP contribution in [0.1, 0.15) is 25.4 Å². The Morgan fingerprint density at radius 3 is 2.70 bits per heavy atom. The molecule has 8 heteroatoms. The van der Waals surface area contributed by atoms with Gasteiger partial charge >= 0.3 is 0 Å². The van der Waals surface area contributed by atoms with E-state index < -0.39 is 4.92 Å². The predicted octanol–water partition coefficient (Wildman–Crippen LogP) is 2.24. The molecular formula is C15H26N4O3S. The molecule has 1 aromatic heterocycles. The maximum atomic E-state index is 10.4. The molecule has 7 nitrogen and oxygen atoms in total. The summed E-state index contributed by atoms with van der Waals surface area (Å²) in [5, 5.41) is 16.1. The van der Waals surface area contributed by atoms with Crippen LogP contribution in [-0.2, 0) is 12.3 Å². The Balaban J connectivity index is 2.26. The molecule has 1 heterocycles. The van der Waals surface area contributed by atoms with E-state index in [1.807, 2.05) is 12.1 Å². The van der Waals surface area contributed by atoms with Crippen molar-refractivity contribution in [2.24, 2.45) is 0 Å². The summed E-state index contributed by atoms with van der Waals surface area (Å²) >= 11 is 1.73. The molecule has 23 heavy (non-hydrogen) atoms. The molecule has 0 radical (unpaired) electrons. The molecule has 0 aliphatic heterocycles. The van der Waals surface area contributed by atoms with Gasteiger partial charge in [-0.1, -0.05) is 13.8 Å². The summed E-state index contributed by atoms with van der Waals surface area (Å²) in [6, 6.07) is 4.05. The Kier molecular flexibility index (Phi) is 9.23. The van der Waals surface area contributed by atoms with Crippen LogP contribution in [0, 0.1) is 10.1 Å². The van der Waals surface area contributed by atoms with Crippen LogP contribution in [0.5, 0.6) is 0 Å². The Morgan fingerprint density at radius 1 is 1.39 bits per heavy atom. The Morgan fingerprint density at radius 2 is 2.09 bits per heavy atom. The fraction of sp³-hybridized carbons (Fsp3) is 0.600. The average molecular weight is 342 g/mol. The number of hydrogen-bond donors (Lipinski definition) is 2. The lowest BCUT2D eigenvalue weighted by Gasteiger charge is -2.15. The summed E-state index contributed by atoms with van der Waals surface area (Å²) in [6.45, 7) is 7.80. The molecule has 0 amide bonds. The first-order chi connectivity index (χ1) is 11.1. The molecule has 0 saturated carbocycles. The van der Waals surface area contributed by atoms with Crippen LogP contribution in [0.2, 0.25) is 0 Å². The highest BCUT2D eigenvalue weighted by atomic mass is 32.2. The molecule has 1 rings (SSSR count). The maximum Gasteiger partial charge on any atom is 0.274 e. The van der Waals surface area contributed by atoms with Crippen LogP contribution in [-0.4, -0.2) is 42.3 Å². The normalized spacial score (nSPS) is 11.7. The van der Waals surface area contributed by atoms with Crippen molar-refractivity contribution in [2.45, 2.75) is 26.1 Å². The minimum atomic E-state index is -0.480. The lowest BCUT2D eigenvalue weighted by atomic mass is 10.4. The highest BCUT2D eigenvalue weighted by molar-refractivity contribution is 7.98. The number of thioether (sulfide) groups is 1. The second-order valence-corrected chi connectivity index (χ2v) is 5.99. The maximum absolute atomic E-state index is 10.4. The van der Waals surface area contributed by atoms with Crippen molar-refractivity contribution >= 4 is 11.8 Å². The second kappa shape index (κ2) is 11.0. The minimum Gasteiger partial charge on any atom is -0.464 e. The minimum absolute atomic E-state index is 0.412. The van der Waals surface area contributed by atoms with Crippen molar-refractivity contribution < 1.29 is 9.34 Å². The van der Waals surface area contributed by atoms with E-state index in [9.17, 15) is 10.1 Å². The van der Waals surface area contributed by atoms with Crippen LogP contribution in [0.3, 0.4) is 0 Å². The molecule has 0 atom stereocenters. The van der Waals surface area contributed by atoms with Crippen molar-refractivity contribution in [3.8, 4) is 0 Å².